The third-order valence-electron chi connectivity index (χ3n) is 4.37. The lowest BCUT2D eigenvalue weighted by Crippen LogP contribution is -2.17. The van der Waals surface area contributed by atoms with Gasteiger partial charge in [-0.2, -0.15) is 5.10 Å². The van der Waals surface area contributed by atoms with Crippen LogP contribution in [0.5, 0.6) is 11.5 Å². The summed E-state index contributed by atoms with van der Waals surface area (Å²) in [5, 5.41) is 15.0. The first kappa shape index (κ1) is 20.6. The van der Waals surface area contributed by atoms with Crippen LogP contribution in [0.4, 0.5) is 5.69 Å². The number of nitrogens with one attached hydrogen (secondary N) is 1. The number of nitro groups is 1. The predicted octanol–water partition coefficient (Wildman–Crippen LogP) is 3.94. The zero-order chi connectivity index (χ0) is 21.7. The van der Waals surface area contributed by atoms with E-state index in [-0.39, 0.29) is 5.69 Å². The number of rotatable bonds is 7. The Bertz CT molecular complexity index is 1100. The fourth-order valence-corrected chi connectivity index (χ4v) is 2.81. The molecule has 0 radical (unpaired) electrons. The molecule has 0 saturated carbocycles. The van der Waals surface area contributed by atoms with E-state index < -0.39 is 10.8 Å². The summed E-state index contributed by atoms with van der Waals surface area (Å²) in [6.45, 7) is 1.66. The molecule has 3 aromatic rings. The van der Waals surface area contributed by atoms with E-state index in [2.05, 4.69) is 10.5 Å². The molecule has 0 aliphatic carbocycles. The van der Waals surface area contributed by atoms with Crippen LogP contribution in [0.1, 0.15) is 21.7 Å². The van der Waals surface area contributed by atoms with Crippen molar-refractivity contribution in [2.45, 2.75) is 6.92 Å². The lowest BCUT2D eigenvalue weighted by molar-refractivity contribution is -0.385. The Morgan fingerprint density at radius 2 is 1.83 bits per heavy atom. The zero-order valence-corrected chi connectivity index (χ0v) is 16.5. The fraction of sp³-hybridized carbons (Fsp3) is 0.143. The first-order valence-electron chi connectivity index (χ1n) is 8.83. The van der Waals surface area contributed by atoms with Crippen LogP contribution < -0.4 is 14.9 Å². The molecule has 0 unspecified atom stereocenters. The van der Waals surface area contributed by atoms with Gasteiger partial charge in [0.1, 0.15) is 23.0 Å². The Kier molecular flexibility index (Phi) is 6.11. The number of methoxy groups -OCH3 is 2. The summed E-state index contributed by atoms with van der Waals surface area (Å²) in [6.07, 6.45) is 1.34. The van der Waals surface area contributed by atoms with Gasteiger partial charge in [0.15, 0.2) is 0 Å². The minimum Gasteiger partial charge on any atom is -0.497 e. The average Bonchev–Trinajstić information content (AvgIpc) is 3.21. The van der Waals surface area contributed by atoms with Crippen LogP contribution in [-0.2, 0) is 0 Å². The van der Waals surface area contributed by atoms with Gasteiger partial charge >= 0.3 is 0 Å². The molecule has 1 N–H and O–H groups in total. The maximum absolute atomic E-state index is 12.3. The number of benzene rings is 2. The summed E-state index contributed by atoms with van der Waals surface area (Å²) in [5.41, 5.74) is 3.84. The molecule has 0 atom stereocenters. The summed E-state index contributed by atoms with van der Waals surface area (Å²) in [6, 6.07) is 12.9. The highest BCUT2D eigenvalue weighted by Gasteiger charge is 2.16. The summed E-state index contributed by atoms with van der Waals surface area (Å²) in [5.74, 6) is 1.34. The van der Waals surface area contributed by atoms with Crippen molar-refractivity contribution in [3.8, 4) is 22.8 Å². The van der Waals surface area contributed by atoms with Gasteiger partial charge in [0.05, 0.1) is 25.4 Å². The number of carbonyl (C=O) groups is 1. The molecule has 1 heterocycles. The molecule has 2 aromatic carbocycles. The van der Waals surface area contributed by atoms with Crippen molar-refractivity contribution in [2.75, 3.05) is 14.2 Å². The third kappa shape index (κ3) is 4.46. The van der Waals surface area contributed by atoms with E-state index >= 15 is 0 Å². The quantitative estimate of drug-likeness (QED) is 0.359. The molecule has 0 fully saturated rings. The molecule has 1 amide bonds. The normalized spacial score (nSPS) is 10.8. The van der Waals surface area contributed by atoms with Gasteiger partial charge in [-0.1, -0.05) is 12.1 Å². The predicted molar refractivity (Wildman–Crippen MR) is 110 cm³/mol. The molecular formula is C21H19N3O6. The Morgan fingerprint density at radius 1 is 1.13 bits per heavy atom. The highest BCUT2D eigenvalue weighted by atomic mass is 16.6. The zero-order valence-electron chi connectivity index (χ0n) is 16.5. The van der Waals surface area contributed by atoms with Crippen molar-refractivity contribution in [1.29, 1.82) is 0 Å². The topological polar surface area (TPSA) is 116 Å². The Balaban J connectivity index is 1.73. The number of carbonyl (C=O) groups excluding carboxylic acids is 1. The number of ether oxygens (including phenoxy) is 2. The number of amides is 1. The number of hydrazone groups is 1. The largest absolute Gasteiger partial charge is 0.497 e. The van der Waals surface area contributed by atoms with Crippen molar-refractivity contribution < 1.29 is 23.6 Å². The van der Waals surface area contributed by atoms with E-state index in [4.69, 9.17) is 13.9 Å². The van der Waals surface area contributed by atoms with E-state index in [0.717, 1.165) is 0 Å². The molecule has 154 valence electrons. The first-order valence-corrected chi connectivity index (χ1v) is 8.83. The van der Waals surface area contributed by atoms with Crippen LogP contribution >= 0.6 is 0 Å². The molecule has 0 aliphatic rings. The molecule has 1 aromatic heterocycles. The van der Waals surface area contributed by atoms with Crippen molar-refractivity contribution in [3.63, 3.8) is 0 Å². The Labute approximate surface area is 172 Å². The van der Waals surface area contributed by atoms with E-state index in [0.29, 0.717) is 39.7 Å². The molecular weight excluding hydrogens is 390 g/mol. The smallest absolute Gasteiger partial charge is 0.273 e. The van der Waals surface area contributed by atoms with Crippen molar-refractivity contribution in [1.82, 2.24) is 5.43 Å². The SMILES string of the molecule is COc1cc(OC)cc(C(=O)NN=Cc2ccc(-c3cccc([N+](=O)[O-])c3C)o2)c1. The highest BCUT2D eigenvalue weighted by molar-refractivity contribution is 5.95. The van der Waals surface area contributed by atoms with Crippen LogP contribution in [-0.4, -0.2) is 31.3 Å². The van der Waals surface area contributed by atoms with Gasteiger partial charge in [-0.15, -0.1) is 0 Å². The van der Waals surface area contributed by atoms with Gasteiger partial charge in [0.2, 0.25) is 0 Å². The maximum Gasteiger partial charge on any atom is 0.273 e. The van der Waals surface area contributed by atoms with Gasteiger partial charge in [-0.25, -0.2) is 5.43 Å². The second-order valence-corrected chi connectivity index (χ2v) is 6.21. The molecule has 9 nitrogen and oxygen atoms in total. The van der Waals surface area contributed by atoms with E-state index in [1.807, 2.05) is 0 Å². The van der Waals surface area contributed by atoms with Crippen LogP contribution in [0.3, 0.4) is 0 Å². The molecule has 9 heteroatoms. The molecule has 0 spiro atoms. The molecule has 0 aliphatic heterocycles. The Morgan fingerprint density at radius 3 is 2.47 bits per heavy atom. The lowest BCUT2D eigenvalue weighted by Gasteiger charge is -2.07. The van der Waals surface area contributed by atoms with Crippen LogP contribution in [0.15, 0.2) is 58.0 Å². The van der Waals surface area contributed by atoms with Crippen LogP contribution in [0, 0.1) is 17.0 Å². The van der Waals surface area contributed by atoms with Gasteiger partial charge in [-0.3, -0.25) is 14.9 Å². The van der Waals surface area contributed by atoms with Gasteiger partial charge in [0, 0.05) is 28.8 Å². The Hall–Kier alpha value is -4.14. The van der Waals surface area contributed by atoms with Crippen molar-refractivity contribution in [3.05, 3.63) is 75.5 Å². The molecule has 3 rings (SSSR count). The van der Waals surface area contributed by atoms with Gasteiger partial charge < -0.3 is 13.9 Å². The van der Waals surface area contributed by atoms with E-state index in [9.17, 15) is 14.9 Å². The number of hydrogen-bond donors (Lipinski definition) is 1. The lowest BCUT2D eigenvalue weighted by atomic mass is 10.1. The summed E-state index contributed by atoms with van der Waals surface area (Å²) in [7, 11) is 2.98. The summed E-state index contributed by atoms with van der Waals surface area (Å²) in [4.78, 5) is 23.0. The first-order chi connectivity index (χ1) is 14.4. The molecule has 30 heavy (non-hydrogen) atoms. The van der Waals surface area contributed by atoms with Crippen molar-refractivity contribution in [2.24, 2.45) is 5.10 Å². The van der Waals surface area contributed by atoms with E-state index in [1.165, 1.54) is 26.5 Å². The third-order valence-corrected chi connectivity index (χ3v) is 4.37. The number of nitrogens with zero attached hydrogens (tertiary/aromatic N) is 2. The van der Waals surface area contributed by atoms with Crippen molar-refractivity contribution >= 4 is 17.8 Å². The second kappa shape index (κ2) is 8.91. The monoisotopic (exact) mass is 409 g/mol. The summed E-state index contributed by atoms with van der Waals surface area (Å²) < 4.78 is 16.0. The minimum atomic E-state index is -0.454. The molecule has 0 saturated heterocycles. The highest BCUT2D eigenvalue weighted by Crippen LogP contribution is 2.30. The maximum atomic E-state index is 12.3. The standard InChI is InChI=1S/C21H19N3O6/c1-13-18(5-4-6-19(13)24(26)27)20-8-7-15(30-20)12-22-23-21(25)14-9-16(28-2)11-17(10-14)29-3/h4-12H,1-3H3,(H,23,25). The molecule has 0 bridgehead atoms. The number of hydrogen-bond acceptors (Lipinski definition) is 7. The summed E-state index contributed by atoms with van der Waals surface area (Å²) >= 11 is 0. The average molecular weight is 409 g/mol. The van der Waals surface area contributed by atoms with Gasteiger partial charge in [-0.05, 0) is 31.2 Å². The second-order valence-electron chi connectivity index (χ2n) is 6.21. The van der Waals surface area contributed by atoms with E-state index in [1.54, 1.807) is 49.4 Å². The fourth-order valence-electron chi connectivity index (χ4n) is 2.81. The number of nitro benzene ring substituents is 1. The van der Waals surface area contributed by atoms with Crippen LogP contribution in [0.2, 0.25) is 0 Å². The number of furan rings is 1. The van der Waals surface area contributed by atoms with Crippen LogP contribution in [0.25, 0.3) is 11.3 Å². The van der Waals surface area contributed by atoms with Gasteiger partial charge in [0.25, 0.3) is 11.6 Å². The minimum absolute atomic E-state index is 0.0140.